The van der Waals surface area contributed by atoms with Crippen molar-refractivity contribution < 1.29 is 21.6 Å². The zero-order chi connectivity index (χ0) is 23.0. The van der Waals surface area contributed by atoms with Gasteiger partial charge in [0.25, 0.3) is 0 Å². The van der Waals surface area contributed by atoms with Gasteiger partial charge in [0.1, 0.15) is 0 Å². The number of hydrogen-bond donors (Lipinski definition) is 1. The molecule has 1 N–H and O–H groups in total. The van der Waals surface area contributed by atoms with E-state index in [2.05, 4.69) is 31.1 Å². The number of piperidine rings is 1. The fraction of sp³-hybridized carbons (Fsp3) is 0.500. The number of nitrogens with zero attached hydrogens (tertiary/aromatic N) is 2. The van der Waals surface area contributed by atoms with Crippen molar-refractivity contribution in [3.05, 3.63) is 35.3 Å². The Balaban J connectivity index is 1.62. The van der Waals surface area contributed by atoms with Crippen LogP contribution in [0, 0.1) is 5.92 Å². The van der Waals surface area contributed by atoms with Crippen molar-refractivity contribution in [2.45, 2.75) is 48.8 Å². The molecule has 2 aromatic rings. The van der Waals surface area contributed by atoms with Crippen LogP contribution in [0.1, 0.15) is 39.3 Å². The van der Waals surface area contributed by atoms with Crippen molar-refractivity contribution in [3.63, 3.8) is 0 Å². The second kappa shape index (κ2) is 8.61. The zero-order valence-electron chi connectivity index (χ0n) is 18.0. The van der Waals surface area contributed by atoms with Crippen LogP contribution < -0.4 is 5.32 Å². The number of benzene rings is 1. The highest BCUT2D eigenvalue weighted by Gasteiger charge is 2.32. The molecule has 0 aliphatic carbocycles. The van der Waals surface area contributed by atoms with E-state index in [0.29, 0.717) is 18.0 Å². The van der Waals surface area contributed by atoms with Gasteiger partial charge in [0.2, 0.25) is 15.9 Å². The highest BCUT2D eigenvalue weighted by Crippen LogP contribution is 2.28. The molecule has 11 heteroatoms. The summed E-state index contributed by atoms with van der Waals surface area (Å²) in [6.45, 7) is 6.61. The summed E-state index contributed by atoms with van der Waals surface area (Å²) in [4.78, 5) is 17.2. The Morgan fingerprint density at radius 3 is 2.10 bits per heavy atom. The third-order valence-electron chi connectivity index (χ3n) is 5.22. The van der Waals surface area contributed by atoms with Gasteiger partial charge in [-0.1, -0.05) is 20.8 Å². The van der Waals surface area contributed by atoms with Gasteiger partial charge in [-0.3, -0.25) is 4.79 Å². The van der Waals surface area contributed by atoms with E-state index >= 15 is 0 Å². The fourth-order valence-corrected chi connectivity index (χ4v) is 6.29. The number of hydrogen-bond acceptors (Lipinski definition) is 7. The van der Waals surface area contributed by atoms with E-state index in [1.807, 2.05) is 5.38 Å². The van der Waals surface area contributed by atoms with Crippen LogP contribution in [0.4, 0.5) is 5.13 Å². The molecule has 2 heterocycles. The maximum Gasteiger partial charge on any atom is 0.243 e. The third-order valence-corrected chi connectivity index (χ3v) is 9.02. The monoisotopic (exact) mass is 485 g/mol. The summed E-state index contributed by atoms with van der Waals surface area (Å²) in [6, 6.07) is 5.20. The first kappa shape index (κ1) is 23.8. The summed E-state index contributed by atoms with van der Waals surface area (Å²) < 4.78 is 50.3. The lowest BCUT2D eigenvalue weighted by molar-refractivity contribution is -0.120. The zero-order valence-corrected chi connectivity index (χ0v) is 20.4. The lowest BCUT2D eigenvalue weighted by atomic mass is 9.93. The van der Waals surface area contributed by atoms with Crippen molar-refractivity contribution in [1.29, 1.82) is 0 Å². The summed E-state index contributed by atoms with van der Waals surface area (Å²) in [5, 5.41) is 5.34. The number of carbonyl (C=O) groups excluding carboxylic acids is 1. The van der Waals surface area contributed by atoms with E-state index in [1.165, 1.54) is 39.9 Å². The molecule has 0 bridgehead atoms. The number of sulfonamides is 1. The maximum atomic E-state index is 12.9. The molecule has 0 saturated carbocycles. The van der Waals surface area contributed by atoms with Crippen LogP contribution in [0.2, 0.25) is 0 Å². The summed E-state index contributed by atoms with van der Waals surface area (Å²) in [6.07, 6.45) is 1.88. The molecule has 0 radical (unpaired) electrons. The molecule has 0 unspecified atom stereocenters. The Kier molecular flexibility index (Phi) is 6.62. The summed E-state index contributed by atoms with van der Waals surface area (Å²) in [5.74, 6) is -0.439. The predicted molar refractivity (Wildman–Crippen MR) is 120 cm³/mol. The van der Waals surface area contributed by atoms with Gasteiger partial charge in [-0.25, -0.2) is 21.8 Å². The Morgan fingerprint density at radius 1 is 1.06 bits per heavy atom. The number of rotatable bonds is 5. The Bertz CT molecular complexity index is 1160. The van der Waals surface area contributed by atoms with Crippen molar-refractivity contribution in [2.75, 3.05) is 24.7 Å². The molecule has 1 aromatic carbocycles. The van der Waals surface area contributed by atoms with Gasteiger partial charge in [0.15, 0.2) is 15.0 Å². The number of sulfone groups is 1. The number of anilines is 1. The second-order valence-corrected chi connectivity index (χ2v) is 13.5. The van der Waals surface area contributed by atoms with Gasteiger partial charge in [0, 0.05) is 36.1 Å². The van der Waals surface area contributed by atoms with Crippen LogP contribution in [-0.4, -0.2) is 51.4 Å². The summed E-state index contributed by atoms with van der Waals surface area (Å²) >= 11 is 1.38. The highest BCUT2D eigenvalue weighted by atomic mass is 32.2. The van der Waals surface area contributed by atoms with E-state index in [4.69, 9.17) is 0 Å². The minimum Gasteiger partial charge on any atom is -0.302 e. The van der Waals surface area contributed by atoms with Crippen LogP contribution >= 0.6 is 11.3 Å². The van der Waals surface area contributed by atoms with Gasteiger partial charge in [-0.15, -0.1) is 11.3 Å². The van der Waals surface area contributed by atoms with Gasteiger partial charge in [0.05, 0.1) is 15.5 Å². The molecule has 8 nitrogen and oxygen atoms in total. The normalized spacial score (nSPS) is 16.9. The van der Waals surface area contributed by atoms with Gasteiger partial charge >= 0.3 is 0 Å². The topological polar surface area (TPSA) is 114 Å². The number of aromatic nitrogens is 1. The molecule has 1 aromatic heterocycles. The van der Waals surface area contributed by atoms with E-state index in [1.54, 1.807) is 0 Å². The van der Waals surface area contributed by atoms with Crippen molar-refractivity contribution in [3.8, 4) is 0 Å². The first-order valence-electron chi connectivity index (χ1n) is 9.85. The van der Waals surface area contributed by atoms with Crippen molar-refractivity contribution in [2.24, 2.45) is 5.92 Å². The Labute approximate surface area is 187 Å². The van der Waals surface area contributed by atoms with Crippen LogP contribution in [0.25, 0.3) is 0 Å². The molecule has 0 spiro atoms. The molecular weight excluding hydrogens is 458 g/mol. The second-order valence-electron chi connectivity index (χ2n) is 8.70. The minimum absolute atomic E-state index is 0.0419. The molecule has 3 rings (SSSR count). The molecule has 0 atom stereocenters. The smallest absolute Gasteiger partial charge is 0.243 e. The van der Waals surface area contributed by atoms with Gasteiger partial charge in [-0.2, -0.15) is 4.31 Å². The average molecular weight is 486 g/mol. The predicted octanol–water partition coefficient (Wildman–Crippen LogP) is 2.88. The van der Waals surface area contributed by atoms with Crippen LogP contribution in [0.3, 0.4) is 0 Å². The number of amides is 1. The van der Waals surface area contributed by atoms with Gasteiger partial charge < -0.3 is 5.32 Å². The number of nitrogens with one attached hydrogen (secondary N) is 1. The molecule has 170 valence electrons. The highest BCUT2D eigenvalue weighted by molar-refractivity contribution is 7.90. The lowest BCUT2D eigenvalue weighted by Crippen LogP contribution is -2.41. The molecule has 1 aliphatic rings. The quantitative estimate of drug-likeness (QED) is 0.697. The summed E-state index contributed by atoms with van der Waals surface area (Å²) in [7, 11) is -7.15. The van der Waals surface area contributed by atoms with Crippen LogP contribution in [0.5, 0.6) is 0 Å². The molecule has 31 heavy (non-hydrogen) atoms. The van der Waals surface area contributed by atoms with Crippen LogP contribution in [-0.2, 0) is 30.1 Å². The van der Waals surface area contributed by atoms with E-state index in [0.717, 1.165) is 11.9 Å². The fourth-order valence-electron chi connectivity index (χ4n) is 3.25. The molecule has 1 amide bonds. The van der Waals surface area contributed by atoms with E-state index < -0.39 is 19.9 Å². The van der Waals surface area contributed by atoms with Crippen molar-refractivity contribution >= 4 is 42.2 Å². The number of carbonyl (C=O) groups is 1. The lowest BCUT2D eigenvalue weighted by Gasteiger charge is -2.30. The number of thiazole rings is 1. The van der Waals surface area contributed by atoms with Crippen LogP contribution in [0.15, 0.2) is 39.4 Å². The van der Waals surface area contributed by atoms with Gasteiger partial charge in [-0.05, 0) is 37.1 Å². The minimum atomic E-state index is -3.75. The van der Waals surface area contributed by atoms with Crippen molar-refractivity contribution in [1.82, 2.24) is 9.29 Å². The largest absolute Gasteiger partial charge is 0.302 e. The Morgan fingerprint density at radius 2 is 1.61 bits per heavy atom. The molecular formula is C20H27N3O5S3. The summed E-state index contributed by atoms with van der Waals surface area (Å²) in [5.41, 5.74) is 0.814. The standard InChI is InChI=1S/C20H27N3O5S3/c1-20(2,3)17-13-29-19(21-17)22-18(24)14-9-11-23(12-10-14)31(27,28)16-7-5-15(6-8-16)30(4,25)26/h5-8,13-14H,9-12H2,1-4H3,(H,21,22,24). The first-order valence-corrected chi connectivity index (χ1v) is 14.1. The maximum absolute atomic E-state index is 12.9. The molecule has 1 aliphatic heterocycles. The van der Waals surface area contributed by atoms with E-state index in [-0.39, 0.29) is 40.1 Å². The Hall–Kier alpha value is -1.82. The van der Waals surface area contributed by atoms with E-state index in [9.17, 15) is 21.6 Å². The third kappa shape index (κ3) is 5.51. The average Bonchev–Trinajstić information content (AvgIpc) is 3.16. The molecule has 1 fully saturated rings. The molecule has 1 saturated heterocycles. The first-order chi connectivity index (χ1) is 14.3. The SMILES string of the molecule is CC(C)(C)c1csc(NC(=O)C2CCN(S(=O)(=O)c3ccc(S(C)(=O)=O)cc3)CC2)n1.